The summed E-state index contributed by atoms with van der Waals surface area (Å²) in [6.07, 6.45) is 1.61. The molecule has 0 atom stereocenters. The van der Waals surface area contributed by atoms with Crippen LogP contribution in [0, 0.1) is 0 Å². The van der Waals surface area contributed by atoms with E-state index in [1.165, 1.54) is 16.0 Å². The highest BCUT2D eigenvalue weighted by molar-refractivity contribution is 7.99. The van der Waals surface area contributed by atoms with Crippen molar-refractivity contribution in [1.29, 1.82) is 0 Å². The molecule has 0 saturated carbocycles. The number of H-pyrrole nitrogens is 1. The molecule has 0 saturated heterocycles. The van der Waals surface area contributed by atoms with Crippen molar-refractivity contribution in [2.45, 2.75) is 18.0 Å². The molecule has 0 fully saturated rings. The van der Waals surface area contributed by atoms with Gasteiger partial charge in [0, 0.05) is 35.8 Å². The number of methoxy groups -OCH3 is 1. The third-order valence-electron chi connectivity index (χ3n) is 4.35. The van der Waals surface area contributed by atoms with Crippen molar-refractivity contribution in [3.05, 3.63) is 59.9 Å². The van der Waals surface area contributed by atoms with E-state index in [9.17, 15) is 0 Å². The van der Waals surface area contributed by atoms with Crippen molar-refractivity contribution >= 4 is 11.8 Å². The molecule has 0 unspecified atom stereocenters. The highest BCUT2D eigenvalue weighted by Crippen LogP contribution is 2.31. The Kier molecular flexibility index (Phi) is 4.72. The van der Waals surface area contributed by atoms with Gasteiger partial charge in [0.05, 0.1) is 7.11 Å². The van der Waals surface area contributed by atoms with Gasteiger partial charge in [-0.3, -0.25) is 4.90 Å². The molecule has 4 rings (SSSR count). The number of hydrogen-bond donors (Lipinski definition) is 1. The van der Waals surface area contributed by atoms with Crippen LogP contribution in [0.3, 0.4) is 0 Å². The standard InChI is InChI=1S/C19H20N4OS/c1-24-17-5-6-18-16(10-17)12-23(7-8-25-18)11-14-3-2-4-15(9-14)19-20-13-21-22-19/h2-6,9-10,13H,7-8,11-12H2,1H3,(H,20,21,22). The van der Waals surface area contributed by atoms with Crippen LogP contribution in [0.1, 0.15) is 11.1 Å². The van der Waals surface area contributed by atoms with Gasteiger partial charge in [0.2, 0.25) is 0 Å². The van der Waals surface area contributed by atoms with Crippen LogP contribution in [0.15, 0.2) is 53.7 Å². The summed E-state index contributed by atoms with van der Waals surface area (Å²) in [5.41, 5.74) is 3.69. The zero-order valence-electron chi connectivity index (χ0n) is 14.1. The van der Waals surface area contributed by atoms with E-state index in [0.717, 1.165) is 42.5 Å². The topological polar surface area (TPSA) is 54.0 Å². The summed E-state index contributed by atoms with van der Waals surface area (Å²) in [6.45, 7) is 2.92. The molecule has 0 aliphatic carbocycles. The number of hydrogen-bond acceptors (Lipinski definition) is 5. The molecule has 128 valence electrons. The highest BCUT2D eigenvalue weighted by Gasteiger charge is 2.16. The number of benzene rings is 2. The van der Waals surface area contributed by atoms with E-state index in [-0.39, 0.29) is 0 Å². The van der Waals surface area contributed by atoms with Crippen LogP contribution in [-0.2, 0) is 13.1 Å². The molecule has 0 bridgehead atoms. The summed E-state index contributed by atoms with van der Waals surface area (Å²) in [5, 5.41) is 7.97. The predicted octanol–water partition coefficient (Wildman–Crippen LogP) is 3.59. The molecular formula is C19H20N4OS. The predicted molar refractivity (Wildman–Crippen MR) is 99.7 cm³/mol. The minimum Gasteiger partial charge on any atom is -0.497 e. The van der Waals surface area contributed by atoms with Gasteiger partial charge in [-0.15, -0.1) is 22.0 Å². The molecule has 1 aromatic heterocycles. The maximum absolute atomic E-state index is 5.39. The molecule has 2 heterocycles. The van der Waals surface area contributed by atoms with Crippen molar-refractivity contribution < 1.29 is 4.74 Å². The number of nitrogens with zero attached hydrogens (tertiary/aromatic N) is 3. The number of aromatic amines is 1. The summed E-state index contributed by atoms with van der Waals surface area (Å²) >= 11 is 1.92. The molecule has 3 aromatic rings. The van der Waals surface area contributed by atoms with Crippen LogP contribution in [0.25, 0.3) is 11.4 Å². The van der Waals surface area contributed by atoms with Gasteiger partial charge < -0.3 is 9.72 Å². The number of thioether (sulfide) groups is 1. The lowest BCUT2D eigenvalue weighted by Crippen LogP contribution is -2.24. The first-order valence-electron chi connectivity index (χ1n) is 8.29. The van der Waals surface area contributed by atoms with Gasteiger partial charge in [-0.2, -0.15) is 0 Å². The summed E-state index contributed by atoms with van der Waals surface area (Å²) in [5.74, 6) is 2.83. The second kappa shape index (κ2) is 7.29. The zero-order chi connectivity index (χ0) is 17.1. The van der Waals surface area contributed by atoms with Crippen LogP contribution in [0.2, 0.25) is 0 Å². The second-order valence-electron chi connectivity index (χ2n) is 6.07. The smallest absolute Gasteiger partial charge is 0.161 e. The largest absolute Gasteiger partial charge is 0.497 e. The fourth-order valence-corrected chi connectivity index (χ4v) is 4.15. The van der Waals surface area contributed by atoms with Gasteiger partial charge in [0.15, 0.2) is 5.82 Å². The zero-order valence-corrected chi connectivity index (χ0v) is 14.9. The van der Waals surface area contributed by atoms with Gasteiger partial charge in [0.25, 0.3) is 0 Å². The lowest BCUT2D eigenvalue weighted by molar-refractivity contribution is 0.274. The molecule has 6 heteroatoms. The van der Waals surface area contributed by atoms with Crippen molar-refractivity contribution in [3.63, 3.8) is 0 Å². The van der Waals surface area contributed by atoms with Gasteiger partial charge in [0.1, 0.15) is 12.1 Å². The molecule has 5 nitrogen and oxygen atoms in total. The minimum atomic E-state index is 0.809. The molecule has 25 heavy (non-hydrogen) atoms. The lowest BCUT2D eigenvalue weighted by Gasteiger charge is -2.20. The van der Waals surface area contributed by atoms with E-state index in [1.807, 2.05) is 17.8 Å². The maximum Gasteiger partial charge on any atom is 0.161 e. The Morgan fingerprint density at radius 1 is 1.24 bits per heavy atom. The van der Waals surface area contributed by atoms with Crippen LogP contribution < -0.4 is 4.74 Å². The molecule has 1 aliphatic rings. The molecular weight excluding hydrogens is 332 g/mol. The first kappa shape index (κ1) is 16.2. The average Bonchev–Trinajstić information content (AvgIpc) is 3.10. The molecule has 1 aliphatic heterocycles. The Bertz CT molecular complexity index is 850. The SMILES string of the molecule is COc1ccc2c(c1)CN(Cc1cccc(-c3nnc[nH]3)c1)CCS2. The van der Waals surface area contributed by atoms with Crippen LogP contribution in [0.4, 0.5) is 0 Å². The number of ether oxygens (including phenoxy) is 1. The first-order valence-corrected chi connectivity index (χ1v) is 9.28. The Morgan fingerprint density at radius 3 is 3.04 bits per heavy atom. The Hall–Kier alpha value is -2.31. The van der Waals surface area contributed by atoms with Crippen molar-refractivity contribution in [2.24, 2.45) is 0 Å². The first-order chi connectivity index (χ1) is 12.3. The van der Waals surface area contributed by atoms with Crippen molar-refractivity contribution in [1.82, 2.24) is 20.1 Å². The van der Waals surface area contributed by atoms with E-state index >= 15 is 0 Å². The summed E-state index contributed by atoms with van der Waals surface area (Å²) < 4.78 is 5.39. The number of nitrogens with one attached hydrogen (secondary N) is 1. The Labute approximate surface area is 151 Å². The number of aromatic nitrogens is 3. The van der Waals surface area contributed by atoms with Crippen LogP contribution in [-0.4, -0.2) is 39.5 Å². The van der Waals surface area contributed by atoms with E-state index in [2.05, 4.69) is 56.5 Å². The Balaban J connectivity index is 1.53. The number of fused-ring (bicyclic) bond motifs is 1. The quantitative estimate of drug-likeness (QED) is 0.778. The lowest BCUT2D eigenvalue weighted by atomic mass is 10.1. The molecule has 2 aromatic carbocycles. The average molecular weight is 352 g/mol. The molecule has 0 spiro atoms. The summed E-state index contributed by atoms with van der Waals surface area (Å²) in [4.78, 5) is 6.91. The van der Waals surface area contributed by atoms with Crippen molar-refractivity contribution in [2.75, 3.05) is 19.4 Å². The van der Waals surface area contributed by atoms with Gasteiger partial charge in [-0.25, -0.2) is 0 Å². The third kappa shape index (κ3) is 3.70. The van der Waals surface area contributed by atoms with Gasteiger partial charge >= 0.3 is 0 Å². The van der Waals surface area contributed by atoms with Crippen LogP contribution >= 0.6 is 11.8 Å². The van der Waals surface area contributed by atoms with Crippen molar-refractivity contribution in [3.8, 4) is 17.1 Å². The van der Waals surface area contributed by atoms with E-state index in [0.29, 0.717) is 0 Å². The Morgan fingerprint density at radius 2 is 2.20 bits per heavy atom. The van der Waals surface area contributed by atoms with Crippen LogP contribution in [0.5, 0.6) is 5.75 Å². The maximum atomic E-state index is 5.39. The highest BCUT2D eigenvalue weighted by atomic mass is 32.2. The van der Waals surface area contributed by atoms with E-state index in [4.69, 9.17) is 4.74 Å². The molecule has 0 amide bonds. The molecule has 1 N–H and O–H groups in total. The fraction of sp³-hybridized carbons (Fsp3) is 0.263. The summed E-state index contributed by atoms with van der Waals surface area (Å²) in [6, 6.07) is 14.9. The van der Waals surface area contributed by atoms with E-state index < -0.39 is 0 Å². The van der Waals surface area contributed by atoms with E-state index in [1.54, 1.807) is 13.4 Å². The fourth-order valence-electron chi connectivity index (χ4n) is 3.11. The third-order valence-corrected chi connectivity index (χ3v) is 5.45. The summed E-state index contributed by atoms with van der Waals surface area (Å²) in [7, 11) is 1.72. The number of rotatable bonds is 4. The second-order valence-corrected chi connectivity index (χ2v) is 7.21. The van der Waals surface area contributed by atoms with Gasteiger partial charge in [-0.05, 0) is 35.4 Å². The normalized spacial score (nSPS) is 14.8. The van der Waals surface area contributed by atoms with Gasteiger partial charge in [-0.1, -0.05) is 18.2 Å². The minimum absolute atomic E-state index is 0.809. The molecule has 0 radical (unpaired) electrons. The monoisotopic (exact) mass is 352 g/mol.